The Bertz CT molecular complexity index is 583. The summed E-state index contributed by atoms with van der Waals surface area (Å²) in [5.41, 5.74) is 1.57. The number of fused-ring (bicyclic) bond motifs is 1. The summed E-state index contributed by atoms with van der Waals surface area (Å²) in [4.78, 5) is 14.6. The number of pyridine rings is 1. The molecular formula is C13H14N2O3. The van der Waals surface area contributed by atoms with Crippen molar-refractivity contribution >= 4 is 16.6 Å². The van der Waals surface area contributed by atoms with Crippen LogP contribution in [0.2, 0.25) is 0 Å². The molecule has 94 valence electrons. The van der Waals surface area contributed by atoms with Gasteiger partial charge in [0.15, 0.2) is 0 Å². The van der Waals surface area contributed by atoms with Crippen LogP contribution in [0.1, 0.15) is 19.0 Å². The summed E-state index contributed by atoms with van der Waals surface area (Å²) in [5.74, 6) is 0. The summed E-state index contributed by atoms with van der Waals surface area (Å²) in [5, 5.41) is 21.0. The zero-order valence-electron chi connectivity index (χ0n) is 10.0. The van der Waals surface area contributed by atoms with Gasteiger partial charge in [-0.15, -0.1) is 0 Å². The van der Waals surface area contributed by atoms with Crippen LogP contribution in [-0.4, -0.2) is 21.1 Å². The molecule has 0 amide bonds. The maximum Gasteiger partial charge on any atom is 0.270 e. The largest absolute Gasteiger partial charge is 0.393 e. The van der Waals surface area contributed by atoms with Crippen molar-refractivity contribution in [2.75, 3.05) is 0 Å². The number of non-ortho nitro benzene ring substituents is 1. The van der Waals surface area contributed by atoms with E-state index in [2.05, 4.69) is 4.98 Å². The summed E-state index contributed by atoms with van der Waals surface area (Å²) >= 11 is 0. The Morgan fingerprint density at radius 1 is 1.39 bits per heavy atom. The number of aliphatic hydroxyl groups excluding tert-OH is 1. The van der Waals surface area contributed by atoms with E-state index in [1.165, 1.54) is 12.1 Å². The Morgan fingerprint density at radius 3 is 2.83 bits per heavy atom. The first-order valence-corrected chi connectivity index (χ1v) is 5.82. The Hall–Kier alpha value is -2.01. The standard InChI is InChI=1S/C13H14N2O3/c1-2-12(16)8-10-4-3-9-7-11(15(17)18)5-6-13(9)14-10/h3-7,12,16H,2,8H2,1H3. The Kier molecular flexibility index (Phi) is 3.53. The Balaban J connectivity index is 2.35. The minimum Gasteiger partial charge on any atom is -0.393 e. The molecule has 1 heterocycles. The van der Waals surface area contributed by atoms with Gasteiger partial charge < -0.3 is 5.11 Å². The molecule has 0 fully saturated rings. The van der Waals surface area contributed by atoms with Gasteiger partial charge in [-0.25, -0.2) is 0 Å². The highest BCUT2D eigenvalue weighted by molar-refractivity contribution is 5.81. The maximum absolute atomic E-state index is 10.6. The number of nitro benzene ring substituents is 1. The van der Waals surface area contributed by atoms with Gasteiger partial charge >= 0.3 is 0 Å². The van der Waals surface area contributed by atoms with Crippen molar-refractivity contribution in [2.24, 2.45) is 0 Å². The molecule has 1 aromatic carbocycles. The van der Waals surface area contributed by atoms with Gasteiger partial charge in [0.1, 0.15) is 0 Å². The number of rotatable bonds is 4. The van der Waals surface area contributed by atoms with Gasteiger partial charge in [-0.3, -0.25) is 15.1 Å². The van der Waals surface area contributed by atoms with Crippen molar-refractivity contribution in [2.45, 2.75) is 25.9 Å². The molecule has 1 atom stereocenters. The van der Waals surface area contributed by atoms with Crippen LogP contribution >= 0.6 is 0 Å². The fraction of sp³-hybridized carbons (Fsp3) is 0.308. The third kappa shape index (κ3) is 2.62. The van der Waals surface area contributed by atoms with Crippen molar-refractivity contribution in [3.05, 3.63) is 46.1 Å². The van der Waals surface area contributed by atoms with E-state index in [-0.39, 0.29) is 5.69 Å². The highest BCUT2D eigenvalue weighted by Gasteiger charge is 2.08. The molecule has 1 unspecified atom stereocenters. The first kappa shape index (κ1) is 12.4. The molecule has 0 radical (unpaired) electrons. The van der Waals surface area contributed by atoms with Crippen LogP contribution < -0.4 is 0 Å². The minimum atomic E-state index is -0.422. The Labute approximate surface area is 104 Å². The van der Waals surface area contributed by atoms with E-state index in [9.17, 15) is 15.2 Å². The topological polar surface area (TPSA) is 76.3 Å². The number of hydrogen-bond acceptors (Lipinski definition) is 4. The van der Waals surface area contributed by atoms with E-state index in [1.807, 2.05) is 6.92 Å². The summed E-state index contributed by atoms with van der Waals surface area (Å²) in [6.45, 7) is 1.91. The second-order valence-electron chi connectivity index (χ2n) is 4.20. The van der Waals surface area contributed by atoms with E-state index in [0.717, 1.165) is 11.1 Å². The molecule has 1 aromatic heterocycles. The van der Waals surface area contributed by atoms with Crippen LogP contribution in [0.5, 0.6) is 0 Å². The molecule has 2 aromatic rings. The summed E-state index contributed by atoms with van der Waals surface area (Å²) < 4.78 is 0. The summed E-state index contributed by atoms with van der Waals surface area (Å²) in [6, 6.07) is 8.17. The lowest BCUT2D eigenvalue weighted by Crippen LogP contribution is -2.09. The quantitative estimate of drug-likeness (QED) is 0.664. The van der Waals surface area contributed by atoms with Crippen molar-refractivity contribution in [3.8, 4) is 0 Å². The van der Waals surface area contributed by atoms with E-state index in [4.69, 9.17) is 0 Å². The second kappa shape index (κ2) is 5.10. The van der Waals surface area contributed by atoms with Crippen molar-refractivity contribution in [3.63, 3.8) is 0 Å². The molecule has 0 aliphatic carbocycles. The van der Waals surface area contributed by atoms with E-state index in [0.29, 0.717) is 18.4 Å². The van der Waals surface area contributed by atoms with Gasteiger partial charge in [-0.05, 0) is 18.6 Å². The molecule has 0 saturated heterocycles. The second-order valence-corrected chi connectivity index (χ2v) is 4.20. The number of nitrogens with zero attached hydrogens (tertiary/aromatic N) is 2. The van der Waals surface area contributed by atoms with Crippen LogP contribution in [0.15, 0.2) is 30.3 Å². The lowest BCUT2D eigenvalue weighted by molar-refractivity contribution is -0.384. The number of benzene rings is 1. The van der Waals surface area contributed by atoms with Gasteiger partial charge in [-0.1, -0.05) is 13.0 Å². The molecule has 0 aliphatic heterocycles. The highest BCUT2D eigenvalue weighted by Crippen LogP contribution is 2.20. The average molecular weight is 246 g/mol. The van der Waals surface area contributed by atoms with Gasteiger partial charge in [0.2, 0.25) is 0 Å². The number of nitro groups is 1. The van der Waals surface area contributed by atoms with Crippen LogP contribution in [0.3, 0.4) is 0 Å². The monoisotopic (exact) mass is 246 g/mol. The van der Waals surface area contributed by atoms with E-state index < -0.39 is 11.0 Å². The molecule has 2 rings (SSSR count). The molecule has 18 heavy (non-hydrogen) atoms. The van der Waals surface area contributed by atoms with Crippen molar-refractivity contribution < 1.29 is 10.0 Å². The first-order chi connectivity index (χ1) is 8.60. The number of hydrogen-bond donors (Lipinski definition) is 1. The molecule has 0 aliphatic rings. The fourth-order valence-electron chi connectivity index (χ4n) is 1.77. The van der Waals surface area contributed by atoms with Crippen LogP contribution in [0.4, 0.5) is 5.69 Å². The van der Waals surface area contributed by atoms with Gasteiger partial charge in [0.05, 0.1) is 16.5 Å². The van der Waals surface area contributed by atoms with Gasteiger partial charge in [-0.2, -0.15) is 0 Å². The van der Waals surface area contributed by atoms with Crippen LogP contribution in [0.25, 0.3) is 10.9 Å². The number of aromatic nitrogens is 1. The first-order valence-electron chi connectivity index (χ1n) is 5.82. The lowest BCUT2D eigenvalue weighted by Gasteiger charge is -2.07. The predicted molar refractivity (Wildman–Crippen MR) is 68.4 cm³/mol. The molecule has 0 saturated carbocycles. The highest BCUT2D eigenvalue weighted by atomic mass is 16.6. The molecule has 5 heteroatoms. The zero-order chi connectivity index (χ0) is 13.1. The molecule has 0 bridgehead atoms. The fourth-order valence-corrected chi connectivity index (χ4v) is 1.77. The predicted octanol–water partition coefficient (Wildman–Crippen LogP) is 2.46. The minimum absolute atomic E-state index is 0.0608. The third-order valence-corrected chi connectivity index (χ3v) is 2.86. The van der Waals surface area contributed by atoms with Crippen LogP contribution in [0, 0.1) is 10.1 Å². The smallest absolute Gasteiger partial charge is 0.270 e. The average Bonchev–Trinajstić information content (AvgIpc) is 2.37. The molecule has 1 N–H and O–H groups in total. The summed E-state index contributed by atoms with van der Waals surface area (Å²) in [6.07, 6.45) is 0.789. The van der Waals surface area contributed by atoms with Crippen molar-refractivity contribution in [1.82, 2.24) is 4.98 Å². The van der Waals surface area contributed by atoms with Crippen molar-refractivity contribution in [1.29, 1.82) is 0 Å². The molecule has 0 spiro atoms. The Morgan fingerprint density at radius 2 is 2.17 bits per heavy atom. The van der Waals surface area contributed by atoms with Gasteiger partial charge in [0, 0.05) is 29.6 Å². The van der Waals surface area contributed by atoms with Gasteiger partial charge in [0.25, 0.3) is 5.69 Å². The normalized spacial score (nSPS) is 12.6. The van der Waals surface area contributed by atoms with Crippen LogP contribution in [-0.2, 0) is 6.42 Å². The SMILES string of the molecule is CCC(O)Cc1ccc2cc([N+](=O)[O-])ccc2n1. The molecular weight excluding hydrogens is 232 g/mol. The van der Waals surface area contributed by atoms with E-state index >= 15 is 0 Å². The summed E-state index contributed by atoms with van der Waals surface area (Å²) in [7, 11) is 0. The third-order valence-electron chi connectivity index (χ3n) is 2.86. The molecule has 5 nitrogen and oxygen atoms in total. The van der Waals surface area contributed by atoms with E-state index in [1.54, 1.807) is 18.2 Å². The maximum atomic E-state index is 10.6. The number of aliphatic hydroxyl groups is 1. The lowest BCUT2D eigenvalue weighted by atomic mass is 10.1. The zero-order valence-corrected chi connectivity index (χ0v) is 10.0.